The smallest absolute Gasteiger partial charge is 0.0778 e. The largest absolute Gasteiger partial charge is 0.391 e. The summed E-state index contributed by atoms with van der Waals surface area (Å²) in [5.74, 6) is 0. The number of benzene rings is 1. The van der Waals surface area contributed by atoms with E-state index in [1.807, 2.05) is 0 Å². The molecular formula is C14H17NOS. The van der Waals surface area contributed by atoms with Gasteiger partial charge in [0.15, 0.2) is 0 Å². The molecule has 2 aromatic rings. The van der Waals surface area contributed by atoms with E-state index in [1.165, 1.54) is 41.6 Å². The minimum atomic E-state index is 0.169. The third-order valence-electron chi connectivity index (χ3n) is 3.51. The summed E-state index contributed by atoms with van der Waals surface area (Å²) < 4.78 is 1.30. The first kappa shape index (κ1) is 11.2. The molecule has 0 aliphatic carbocycles. The van der Waals surface area contributed by atoms with E-state index in [-0.39, 0.29) is 6.61 Å². The van der Waals surface area contributed by atoms with Gasteiger partial charge in [-0.2, -0.15) is 0 Å². The molecule has 1 aliphatic rings. The Kier molecular flexibility index (Phi) is 3.14. The fourth-order valence-electron chi connectivity index (χ4n) is 2.61. The number of thiophene rings is 1. The van der Waals surface area contributed by atoms with Crippen LogP contribution in [-0.2, 0) is 13.2 Å². The first-order valence-electron chi connectivity index (χ1n) is 6.21. The number of likely N-dealkylation sites (tertiary alicyclic amines) is 1. The fraction of sp³-hybridized carbons (Fsp3) is 0.429. The first-order chi connectivity index (χ1) is 8.38. The molecule has 3 rings (SSSR count). The Labute approximate surface area is 105 Å². The second-order valence-electron chi connectivity index (χ2n) is 4.64. The van der Waals surface area contributed by atoms with Gasteiger partial charge in [-0.3, -0.25) is 4.90 Å². The molecule has 0 spiro atoms. The number of hydrogen-bond acceptors (Lipinski definition) is 3. The van der Waals surface area contributed by atoms with E-state index in [0.717, 1.165) is 11.4 Å². The van der Waals surface area contributed by atoms with Crippen LogP contribution in [0, 0.1) is 0 Å². The van der Waals surface area contributed by atoms with Crippen LogP contribution in [0.15, 0.2) is 24.3 Å². The summed E-state index contributed by atoms with van der Waals surface area (Å²) in [6, 6.07) is 8.48. The van der Waals surface area contributed by atoms with Gasteiger partial charge in [-0.15, -0.1) is 11.3 Å². The normalized spacial score (nSPS) is 17.0. The third-order valence-corrected chi connectivity index (χ3v) is 4.70. The lowest BCUT2D eigenvalue weighted by atomic mass is 10.1. The van der Waals surface area contributed by atoms with Gasteiger partial charge in [-0.05, 0) is 42.9 Å². The molecule has 1 aromatic heterocycles. The lowest BCUT2D eigenvalue weighted by Crippen LogP contribution is -2.18. The van der Waals surface area contributed by atoms with Gasteiger partial charge in [-0.25, -0.2) is 0 Å². The minimum absolute atomic E-state index is 0.169. The van der Waals surface area contributed by atoms with Crippen LogP contribution in [-0.4, -0.2) is 23.1 Å². The molecule has 1 fully saturated rings. The Morgan fingerprint density at radius 3 is 2.71 bits per heavy atom. The van der Waals surface area contributed by atoms with Crippen molar-refractivity contribution < 1.29 is 5.11 Å². The second-order valence-corrected chi connectivity index (χ2v) is 5.78. The predicted molar refractivity (Wildman–Crippen MR) is 72.3 cm³/mol. The van der Waals surface area contributed by atoms with Gasteiger partial charge in [0, 0.05) is 16.1 Å². The molecule has 1 aromatic carbocycles. The van der Waals surface area contributed by atoms with E-state index >= 15 is 0 Å². The average molecular weight is 247 g/mol. The zero-order valence-corrected chi connectivity index (χ0v) is 10.7. The van der Waals surface area contributed by atoms with E-state index in [1.54, 1.807) is 11.3 Å². The van der Waals surface area contributed by atoms with Gasteiger partial charge in [0.1, 0.15) is 0 Å². The summed E-state index contributed by atoms with van der Waals surface area (Å²) in [4.78, 5) is 3.63. The highest BCUT2D eigenvalue weighted by molar-refractivity contribution is 7.19. The number of aliphatic hydroxyl groups is 1. The highest BCUT2D eigenvalue weighted by Crippen LogP contribution is 2.32. The summed E-state index contributed by atoms with van der Waals surface area (Å²) in [7, 11) is 0. The van der Waals surface area contributed by atoms with E-state index in [2.05, 4.69) is 29.2 Å². The maximum Gasteiger partial charge on any atom is 0.0778 e. The van der Waals surface area contributed by atoms with Gasteiger partial charge in [-0.1, -0.05) is 18.2 Å². The van der Waals surface area contributed by atoms with Crippen LogP contribution in [0.3, 0.4) is 0 Å². The van der Waals surface area contributed by atoms with E-state index in [0.29, 0.717) is 0 Å². The summed E-state index contributed by atoms with van der Waals surface area (Å²) in [6.07, 6.45) is 2.63. The van der Waals surface area contributed by atoms with E-state index < -0.39 is 0 Å². The van der Waals surface area contributed by atoms with Gasteiger partial charge in [0.05, 0.1) is 6.61 Å². The maximum atomic E-state index is 9.49. The number of hydrogen-bond donors (Lipinski definition) is 1. The molecule has 2 nitrogen and oxygen atoms in total. The molecule has 17 heavy (non-hydrogen) atoms. The van der Waals surface area contributed by atoms with Gasteiger partial charge < -0.3 is 5.11 Å². The third kappa shape index (κ3) is 2.10. The highest BCUT2D eigenvalue weighted by atomic mass is 32.1. The molecule has 1 N–H and O–H groups in total. The van der Waals surface area contributed by atoms with Crippen molar-refractivity contribution in [2.24, 2.45) is 0 Å². The van der Waals surface area contributed by atoms with Crippen LogP contribution in [0.5, 0.6) is 0 Å². The number of aliphatic hydroxyl groups excluding tert-OH is 1. The number of fused-ring (bicyclic) bond motifs is 1. The van der Waals surface area contributed by atoms with Crippen LogP contribution < -0.4 is 0 Å². The Morgan fingerprint density at radius 1 is 1.18 bits per heavy atom. The van der Waals surface area contributed by atoms with Crippen molar-refractivity contribution in [2.75, 3.05) is 13.1 Å². The average Bonchev–Trinajstić information content (AvgIpc) is 2.98. The predicted octanol–water partition coefficient (Wildman–Crippen LogP) is 2.99. The Hall–Kier alpha value is -0.900. The van der Waals surface area contributed by atoms with E-state index in [9.17, 15) is 5.11 Å². The molecule has 1 aliphatic heterocycles. The monoisotopic (exact) mass is 247 g/mol. The molecular weight excluding hydrogens is 230 g/mol. The van der Waals surface area contributed by atoms with Crippen molar-refractivity contribution in [2.45, 2.75) is 26.0 Å². The summed E-state index contributed by atoms with van der Waals surface area (Å²) in [5.41, 5.74) is 1.34. The lowest BCUT2D eigenvalue weighted by molar-refractivity contribution is 0.279. The summed E-state index contributed by atoms with van der Waals surface area (Å²) in [5, 5.41) is 10.8. The molecule has 1 saturated heterocycles. The molecule has 2 heterocycles. The van der Waals surface area contributed by atoms with Crippen molar-refractivity contribution >= 4 is 21.4 Å². The van der Waals surface area contributed by atoms with Gasteiger partial charge in [0.25, 0.3) is 0 Å². The Balaban J connectivity index is 1.99. The molecule has 0 amide bonds. The summed E-state index contributed by atoms with van der Waals surface area (Å²) >= 11 is 1.73. The van der Waals surface area contributed by atoms with Crippen LogP contribution in [0.25, 0.3) is 10.1 Å². The SMILES string of the molecule is OCc1sc2ccccc2c1CN1CCCC1. The quantitative estimate of drug-likeness (QED) is 0.901. The first-order valence-corrected chi connectivity index (χ1v) is 7.02. The van der Waals surface area contributed by atoms with Crippen molar-refractivity contribution in [3.63, 3.8) is 0 Å². The zero-order chi connectivity index (χ0) is 11.7. The van der Waals surface area contributed by atoms with Crippen LogP contribution in [0.4, 0.5) is 0 Å². The maximum absolute atomic E-state index is 9.49. The van der Waals surface area contributed by atoms with Crippen molar-refractivity contribution in [3.8, 4) is 0 Å². The number of rotatable bonds is 3. The van der Waals surface area contributed by atoms with Crippen molar-refractivity contribution in [1.82, 2.24) is 4.90 Å². The fourth-order valence-corrected chi connectivity index (χ4v) is 3.69. The van der Waals surface area contributed by atoms with Crippen molar-refractivity contribution in [1.29, 1.82) is 0 Å². The lowest BCUT2D eigenvalue weighted by Gasteiger charge is -2.15. The highest BCUT2D eigenvalue weighted by Gasteiger charge is 2.17. The Bertz CT molecular complexity index is 514. The molecule has 0 radical (unpaired) electrons. The van der Waals surface area contributed by atoms with Gasteiger partial charge >= 0.3 is 0 Å². The number of nitrogens with zero attached hydrogens (tertiary/aromatic N) is 1. The topological polar surface area (TPSA) is 23.5 Å². The van der Waals surface area contributed by atoms with E-state index in [4.69, 9.17) is 0 Å². The molecule has 0 unspecified atom stereocenters. The van der Waals surface area contributed by atoms with Crippen molar-refractivity contribution in [3.05, 3.63) is 34.7 Å². The van der Waals surface area contributed by atoms with Gasteiger partial charge in [0.2, 0.25) is 0 Å². The minimum Gasteiger partial charge on any atom is -0.391 e. The summed E-state index contributed by atoms with van der Waals surface area (Å²) in [6.45, 7) is 3.58. The molecule has 0 atom stereocenters. The molecule has 90 valence electrons. The van der Waals surface area contributed by atoms with Crippen LogP contribution >= 0.6 is 11.3 Å². The standard InChI is InChI=1S/C14H17NOS/c16-10-14-12(9-15-7-3-4-8-15)11-5-1-2-6-13(11)17-14/h1-2,5-6,16H,3-4,7-10H2. The van der Waals surface area contributed by atoms with Crippen LogP contribution in [0.2, 0.25) is 0 Å². The zero-order valence-electron chi connectivity index (χ0n) is 9.85. The molecule has 3 heteroatoms. The second kappa shape index (κ2) is 4.77. The van der Waals surface area contributed by atoms with Crippen LogP contribution in [0.1, 0.15) is 23.3 Å². The molecule has 0 bridgehead atoms. The molecule has 0 saturated carbocycles. The Morgan fingerprint density at radius 2 is 1.94 bits per heavy atom.